The number of rotatable bonds is 5. The number of aryl methyl sites for hydroxylation is 2. The van der Waals surface area contributed by atoms with Gasteiger partial charge in [-0.2, -0.15) is 0 Å². The zero-order chi connectivity index (χ0) is 21.3. The van der Waals surface area contributed by atoms with Crippen LogP contribution in [0.3, 0.4) is 0 Å². The molecular formula is C24H22FN3O2. The lowest BCUT2D eigenvalue weighted by molar-refractivity contribution is -0.116. The van der Waals surface area contributed by atoms with E-state index in [1.807, 2.05) is 48.0 Å². The second kappa shape index (κ2) is 7.99. The summed E-state index contributed by atoms with van der Waals surface area (Å²) in [6, 6.07) is 16.4. The molecule has 1 amide bonds. The summed E-state index contributed by atoms with van der Waals surface area (Å²) in [7, 11) is 0. The van der Waals surface area contributed by atoms with E-state index < -0.39 is 11.7 Å². The van der Waals surface area contributed by atoms with Gasteiger partial charge >= 0.3 is 0 Å². The topological polar surface area (TPSA) is 56.0 Å². The van der Waals surface area contributed by atoms with E-state index in [1.165, 1.54) is 16.7 Å². The maximum atomic E-state index is 14.0. The van der Waals surface area contributed by atoms with Gasteiger partial charge in [0, 0.05) is 24.3 Å². The van der Waals surface area contributed by atoms with Gasteiger partial charge in [-0.3, -0.25) is 9.59 Å². The van der Waals surface area contributed by atoms with Crippen LogP contribution in [0, 0.1) is 19.7 Å². The van der Waals surface area contributed by atoms with Gasteiger partial charge in [-0.05, 0) is 49.2 Å². The van der Waals surface area contributed by atoms with Crippen LogP contribution in [0.2, 0.25) is 0 Å². The van der Waals surface area contributed by atoms with Gasteiger partial charge in [-0.25, -0.2) is 4.39 Å². The van der Waals surface area contributed by atoms with Crippen LogP contribution in [0.5, 0.6) is 0 Å². The lowest BCUT2D eigenvalue weighted by Crippen LogP contribution is -2.28. The van der Waals surface area contributed by atoms with Crippen LogP contribution in [0.15, 0.2) is 71.8 Å². The zero-order valence-corrected chi connectivity index (χ0v) is 16.9. The van der Waals surface area contributed by atoms with E-state index >= 15 is 0 Å². The number of nitrogens with zero attached hydrogens (tertiary/aromatic N) is 2. The molecule has 0 radical (unpaired) electrons. The first-order chi connectivity index (χ1) is 14.4. The molecule has 0 bridgehead atoms. The number of benzene rings is 2. The van der Waals surface area contributed by atoms with E-state index in [0.717, 1.165) is 22.1 Å². The molecule has 0 aliphatic rings. The van der Waals surface area contributed by atoms with Gasteiger partial charge in [0.25, 0.3) is 5.56 Å². The third-order valence-corrected chi connectivity index (χ3v) is 5.04. The number of anilines is 1. The van der Waals surface area contributed by atoms with Crippen molar-refractivity contribution in [3.63, 3.8) is 0 Å². The fourth-order valence-electron chi connectivity index (χ4n) is 3.57. The summed E-state index contributed by atoms with van der Waals surface area (Å²) in [5.74, 6) is -0.964. The smallest absolute Gasteiger partial charge is 0.275 e. The molecule has 0 spiro atoms. The first-order valence-electron chi connectivity index (χ1n) is 9.70. The van der Waals surface area contributed by atoms with Crippen LogP contribution in [0.4, 0.5) is 10.1 Å². The van der Waals surface area contributed by atoms with E-state index in [2.05, 4.69) is 11.4 Å². The van der Waals surface area contributed by atoms with E-state index in [9.17, 15) is 14.0 Å². The maximum Gasteiger partial charge on any atom is 0.275 e. The molecule has 0 atom stereocenters. The average molecular weight is 403 g/mol. The molecule has 0 unspecified atom stereocenters. The average Bonchev–Trinajstić information content (AvgIpc) is 3.10. The summed E-state index contributed by atoms with van der Waals surface area (Å²) >= 11 is 0. The molecule has 2 heterocycles. The minimum absolute atomic E-state index is 0.0996. The highest BCUT2D eigenvalue weighted by atomic mass is 19.1. The van der Waals surface area contributed by atoms with E-state index in [-0.39, 0.29) is 17.8 Å². The molecule has 5 nitrogen and oxygen atoms in total. The highest BCUT2D eigenvalue weighted by Crippen LogP contribution is 2.16. The largest absolute Gasteiger partial charge is 0.339 e. The standard InChI is InChI=1S/C24H22FN3O2/c1-16-4-3-5-18(12-16)14-27-10-8-19-9-11-28(24(30)23(19)27)15-22(29)26-21-7-6-17(2)13-20(21)25/h3-13H,14-15H2,1-2H3,(H,26,29). The molecule has 2 aromatic heterocycles. The quantitative estimate of drug-likeness (QED) is 0.542. The lowest BCUT2D eigenvalue weighted by atomic mass is 10.1. The Bertz CT molecular complexity index is 1300. The van der Waals surface area contributed by atoms with Crippen LogP contribution in [0.1, 0.15) is 16.7 Å². The molecule has 4 rings (SSSR count). The van der Waals surface area contributed by atoms with Gasteiger partial charge < -0.3 is 14.5 Å². The Hall–Kier alpha value is -3.67. The maximum absolute atomic E-state index is 14.0. The molecule has 0 saturated heterocycles. The number of hydrogen-bond acceptors (Lipinski definition) is 2. The van der Waals surface area contributed by atoms with Gasteiger partial charge in [0.2, 0.25) is 5.91 Å². The number of aromatic nitrogens is 2. The SMILES string of the molecule is Cc1cccc(Cn2ccc3ccn(CC(=O)Nc4ccc(C)cc4F)c(=O)c32)c1. The molecular weight excluding hydrogens is 381 g/mol. The molecule has 2 aromatic carbocycles. The number of nitrogens with one attached hydrogen (secondary N) is 1. The molecule has 1 N–H and O–H groups in total. The Morgan fingerprint density at radius 1 is 0.967 bits per heavy atom. The minimum Gasteiger partial charge on any atom is -0.339 e. The van der Waals surface area contributed by atoms with Crippen molar-refractivity contribution < 1.29 is 9.18 Å². The van der Waals surface area contributed by atoms with Gasteiger partial charge in [-0.15, -0.1) is 0 Å². The van der Waals surface area contributed by atoms with E-state index in [1.54, 1.807) is 19.2 Å². The summed E-state index contributed by atoms with van der Waals surface area (Å²) in [6.45, 7) is 4.16. The molecule has 6 heteroatoms. The second-order valence-corrected chi connectivity index (χ2v) is 7.52. The first-order valence-corrected chi connectivity index (χ1v) is 9.70. The molecule has 0 aliphatic heterocycles. The Morgan fingerprint density at radius 2 is 1.70 bits per heavy atom. The van der Waals surface area contributed by atoms with Gasteiger partial charge in [-0.1, -0.05) is 35.9 Å². The van der Waals surface area contributed by atoms with Crippen LogP contribution in [-0.4, -0.2) is 15.0 Å². The van der Waals surface area contributed by atoms with Gasteiger partial charge in [0.15, 0.2) is 0 Å². The Kier molecular flexibility index (Phi) is 5.23. The Morgan fingerprint density at radius 3 is 2.43 bits per heavy atom. The second-order valence-electron chi connectivity index (χ2n) is 7.52. The zero-order valence-electron chi connectivity index (χ0n) is 16.9. The van der Waals surface area contributed by atoms with Gasteiger partial charge in [0.1, 0.15) is 17.9 Å². The predicted molar refractivity (Wildman–Crippen MR) is 116 cm³/mol. The van der Waals surface area contributed by atoms with Crippen molar-refractivity contribution >= 4 is 22.5 Å². The molecule has 0 fully saturated rings. The van der Waals surface area contributed by atoms with Crippen molar-refractivity contribution in [2.75, 3.05) is 5.32 Å². The third-order valence-electron chi connectivity index (χ3n) is 5.04. The first kappa shape index (κ1) is 19.6. The Balaban J connectivity index is 1.59. The number of fused-ring (bicyclic) bond motifs is 1. The van der Waals surface area contributed by atoms with E-state index in [0.29, 0.717) is 12.1 Å². The van der Waals surface area contributed by atoms with E-state index in [4.69, 9.17) is 0 Å². The number of amides is 1. The highest BCUT2D eigenvalue weighted by molar-refractivity contribution is 5.91. The Labute approximate surface area is 173 Å². The normalized spacial score (nSPS) is 11.0. The highest BCUT2D eigenvalue weighted by Gasteiger charge is 2.13. The van der Waals surface area contributed by atoms with Gasteiger partial charge in [0.05, 0.1) is 5.69 Å². The predicted octanol–water partition coefficient (Wildman–Crippen LogP) is 4.25. The number of carbonyl (C=O) groups excluding carboxylic acids is 1. The van der Waals surface area contributed by atoms with Crippen molar-refractivity contribution in [1.82, 2.24) is 9.13 Å². The van der Waals surface area contributed by atoms with Crippen LogP contribution in [0.25, 0.3) is 10.9 Å². The molecule has 0 saturated carbocycles. The molecule has 30 heavy (non-hydrogen) atoms. The van der Waals surface area contributed by atoms with Crippen molar-refractivity contribution in [2.24, 2.45) is 0 Å². The number of carbonyl (C=O) groups is 1. The number of pyridine rings is 1. The number of hydrogen-bond donors (Lipinski definition) is 1. The van der Waals surface area contributed by atoms with Crippen molar-refractivity contribution in [3.8, 4) is 0 Å². The minimum atomic E-state index is -0.502. The molecule has 4 aromatic rings. The van der Waals surface area contributed by atoms with Crippen LogP contribution >= 0.6 is 0 Å². The summed E-state index contributed by atoms with van der Waals surface area (Å²) in [6.07, 6.45) is 3.47. The van der Waals surface area contributed by atoms with Crippen LogP contribution < -0.4 is 10.9 Å². The van der Waals surface area contributed by atoms with Crippen LogP contribution in [-0.2, 0) is 17.9 Å². The van der Waals surface area contributed by atoms with Crippen molar-refractivity contribution in [3.05, 3.63) is 99.9 Å². The molecule has 152 valence electrons. The van der Waals surface area contributed by atoms with Crippen molar-refractivity contribution in [2.45, 2.75) is 26.9 Å². The number of halogens is 1. The summed E-state index contributed by atoms with van der Waals surface area (Å²) in [5.41, 5.74) is 3.39. The summed E-state index contributed by atoms with van der Waals surface area (Å²) < 4.78 is 17.2. The third kappa shape index (κ3) is 4.03. The molecule has 0 aliphatic carbocycles. The summed E-state index contributed by atoms with van der Waals surface area (Å²) in [5, 5.41) is 3.35. The fourth-order valence-corrected chi connectivity index (χ4v) is 3.57. The fraction of sp³-hybridized carbons (Fsp3) is 0.167. The van der Waals surface area contributed by atoms with Crippen molar-refractivity contribution in [1.29, 1.82) is 0 Å². The monoisotopic (exact) mass is 403 g/mol. The lowest BCUT2D eigenvalue weighted by Gasteiger charge is -2.10. The summed E-state index contributed by atoms with van der Waals surface area (Å²) in [4.78, 5) is 25.5.